The van der Waals surface area contributed by atoms with Gasteiger partial charge in [-0.15, -0.1) is 0 Å². The number of hydrogen-bond acceptors (Lipinski definition) is 2. The fourth-order valence-corrected chi connectivity index (χ4v) is 0.340. The molecule has 0 aliphatic rings. The molecule has 0 rings (SSSR count). The summed E-state index contributed by atoms with van der Waals surface area (Å²) >= 11 is 0. The van der Waals surface area contributed by atoms with Crippen molar-refractivity contribution in [2.75, 3.05) is 0 Å². The molecule has 0 atom stereocenters. The molecule has 0 saturated heterocycles. The summed E-state index contributed by atoms with van der Waals surface area (Å²) in [6, 6.07) is 0. The van der Waals surface area contributed by atoms with Gasteiger partial charge in [0.1, 0.15) is 0 Å². The highest BCUT2D eigenvalue weighted by Crippen LogP contribution is 2.19. The van der Waals surface area contributed by atoms with E-state index < -0.39 is 0 Å². The van der Waals surface area contributed by atoms with Gasteiger partial charge in [0.15, 0.2) is 0 Å². The zero-order valence-electron chi connectivity index (χ0n) is 6.23. The van der Waals surface area contributed by atoms with Gasteiger partial charge in [-0.2, -0.15) is 0 Å². The van der Waals surface area contributed by atoms with Crippen LogP contribution in [0.15, 0.2) is 11.8 Å². The molecule has 0 heterocycles. The Hall–Kier alpha value is -0.790. The predicted octanol–water partition coefficient (Wildman–Crippen LogP) is 1.52. The lowest BCUT2D eigenvalue weighted by atomic mass is 9.92. The van der Waals surface area contributed by atoms with Gasteiger partial charge in [0.05, 0.1) is 0 Å². The largest absolute Gasteiger partial charge is 0.402 e. The van der Waals surface area contributed by atoms with Crippen LogP contribution in [0.3, 0.4) is 0 Å². The van der Waals surface area contributed by atoms with Gasteiger partial charge in [-0.1, -0.05) is 20.8 Å². The molecule has 52 valence electrons. The minimum Gasteiger partial charge on any atom is -0.402 e. The van der Waals surface area contributed by atoms with E-state index in [4.69, 9.17) is 11.1 Å². The first-order valence-corrected chi connectivity index (χ1v) is 2.95. The molecular formula is C7H14N2. The Morgan fingerprint density at radius 3 is 2.00 bits per heavy atom. The Morgan fingerprint density at radius 2 is 1.89 bits per heavy atom. The van der Waals surface area contributed by atoms with Crippen molar-refractivity contribution in [3.05, 3.63) is 11.8 Å². The molecule has 0 aromatic heterocycles. The minimum atomic E-state index is -0.00243. The van der Waals surface area contributed by atoms with Gasteiger partial charge in [0.25, 0.3) is 0 Å². The third-order valence-electron chi connectivity index (χ3n) is 1.13. The van der Waals surface area contributed by atoms with Gasteiger partial charge in [-0.3, -0.25) is 0 Å². The quantitative estimate of drug-likeness (QED) is 0.514. The van der Waals surface area contributed by atoms with Crippen LogP contribution in [0.25, 0.3) is 0 Å². The van der Waals surface area contributed by atoms with Crippen LogP contribution in [-0.4, -0.2) is 6.21 Å². The van der Waals surface area contributed by atoms with E-state index in [0.29, 0.717) is 0 Å². The number of nitrogens with one attached hydrogen (secondary N) is 1. The molecular weight excluding hydrogens is 112 g/mol. The van der Waals surface area contributed by atoms with Crippen LogP contribution in [0.4, 0.5) is 0 Å². The van der Waals surface area contributed by atoms with Gasteiger partial charge >= 0.3 is 0 Å². The molecule has 0 aromatic carbocycles. The summed E-state index contributed by atoms with van der Waals surface area (Å²) in [5.74, 6) is 0. The summed E-state index contributed by atoms with van der Waals surface area (Å²) in [7, 11) is 0. The molecule has 2 heteroatoms. The first-order valence-electron chi connectivity index (χ1n) is 2.95. The topological polar surface area (TPSA) is 49.9 Å². The molecule has 0 unspecified atom stereocenters. The van der Waals surface area contributed by atoms with Crippen molar-refractivity contribution in [3.8, 4) is 0 Å². The third kappa shape index (κ3) is 2.90. The summed E-state index contributed by atoms with van der Waals surface area (Å²) in [5, 5.41) is 6.73. The van der Waals surface area contributed by atoms with E-state index in [0.717, 1.165) is 5.70 Å². The molecule has 0 aliphatic heterocycles. The second kappa shape index (κ2) is 2.67. The Labute approximate surface area is 56.3 Å². The summed E-state index contributed by atoms with van der Waals surface area (Å²) in [6.07, 6.45) is 2.82. The van der Waals surface area contributed by atoms with Crippen LogP contribution in [0.5, 0.6) is 0 Å². The summed E-state index contributed by atoms with van der Waals surface area (Å²) in [4.78, 5) is 0. The Bertz CT molecular complexity index is 128. The van der Waals surface area contributed by atoms with Gasteiger partial charge in [0, 0.05) is 17.3 Å². The molecule has 0 fully saturated rings. The molecule has 9 heavy (non-hydrogen) atoms. The average molecular weight is 126 g/mol. The molecule has 0 radical (unpaired) electrons. The van der Waals surface area contributed by atoms with E-state index in [1.54, 1.807) is 6.08 Å². The van der Waals surface area contributed by atoms with E-state index in [-0.39, 0.29) is 5.41 Å². The maximum absolute atomic E-state index is 6.73. The SMILES string of the molecule is CC(C)(C)/C(N)=C/C=N. The smallest absolute Gasteiger partial charge is 0.0195 e. The van der Waals surface area contributed by atoms with Crippen LogP contribution in [0.1, 0.15) is 20.8 Å². The van der Waals surface area contributed by atoms with Crippen molar-refractivity contribution in [2.24, 2.45) is 11.1 Å². The first kappa shape index (κ1) is 8.21. The lowest BCUT2D eigenvalue weighted by molar-refractivity contribution is 0.498. The maximum Gasteiger partial charge on any atom is 0.0195 e. The second-order valence-corrected chi connectivity index (χ2v) is 3.04. The van der Waals surface area contributed by atoms with E-state index in [2.05, 4.69) is 0 Å². The zero-order chi connectivity index (χ0) is 7.49. The normalized spacial score (nSPS) is 13.4. The highest BCUT2D eigenvalue weighted by atomic mass is 14.6. The van der Waals surface area contributed by atoms with Gasteiger partial charge in [-0.25, -0.2) is 0 Å². The molecule has 0 aromatic rings. The van der Waals surface area contributed by atoms with Crippen LogP contribution in [-0.2, 0) is 0 Å². The van der Waals surface area contributed by atoms with E-state index in [1.165, 1.54) is 6.21 Å². The molecule has 0 bridgehead atoms. The Balaban J connectivity index is 4.19. The molecule has 3 N–H and O–H groups in total. The Kier molecular flexibility index (Phi) is 2.43. The van der Waals surface area contributed by atoms with Crippen molar-refractivity contribution >= 4 is 6.21 Å². The lowest BCUT2D eigenvalue weighted by Gasteiger charge is -2.17. The number of nitrogens with two attached hydrogens (primary N) is 1. The fraction of sp³-hybridized carbons (Fsp3) is 0.571. The van der Waals surface area contributed by atoms with Gasteiger partial charge in [0.2, 0.25) is 0 Å². The van der Waals surface area contributed by atoms with Crippen molar-refractivity contribution in [1.82, 2.24) is 0 Å². The summed E-state index contributed by atoms with van der Waals surface area (Å²) in [6.45, 7) is 6.05. The van der Waals surface area contributed by atoms with Crippen LogP contribution in [0, 0.1) is 10.8 Å². The summed E-state index contributed by atoms with van der Waals surface area (Å²) < 4.78 is 0. The van der Waals surface area contributed by atoms with Crippen molar-refractivity contribution in [3.63, 3.8) is 0 Å². The maximum atomic E-state index is 6.73. The lowest BCUT2D eigenvalue weighted by Crippen LogP contribution is -2.16. The highest BCUT2D eigenvalue weighted by molar-refractivity contribution is 5.68. The number of allylic oxidation sites excluding steroid dienone is 2. The van der Waals surface area contributed by atoms with Crippen LogP contribution < -0.4 is 5.73 Å². The van der Waals surface area contributed by atoms with Gasteiger partial charge in [-0.05, 0) is 6.08 Å². The van der Waals surface area contributed by atoms with Crippen LogP contribution in [0.2, 0.25) is 0 Å². The van der Waals surface area contributed by atoms with E-state index in [9.17, 15) is 0 Å². The van der Waals surface area contributed by atoms with Gasteiger partial charge < -0.3 is 11.1 Å². The second-order valence-electron chi connectivity index (χ2n) is 3.04. The minimum absolute atomic E-state index is 0.00243. The number of rotatable bonds is 1. The monoisotopic (exact) mass is 126 g/mol. The molecule has 0 aliphatic carbocycles. The van der Waals surface area contributed by atoms with Crippen molar-refractivity contribution in [1.29, 1.82) is 5.41 Å². The molecule has 2 nitrogen and oxygen atoms in total. The summed E-state index contributed by atoms with van der Waals surface area (Å²) in [5.41, 5.74) is 6.32. The average Bonchev–Trinajstić information content (AvgIpc) is 1.64. The standard InChI is InChI=1S/C7H14N2/c1-7(2,3)6(9)4-5-8/h4-5,8H,9H2,1-3H3/b6-4-,8-5?. The van der Waals surface area contributed by atoms with Crippen molar-refractivity contribution < 1.29 is 0 Å². The number of hydrogen-bond donors (Lipinski definition) is 2. The van der Waals surface area contributed by atoms with E-state index >= 15 is 0 Å². The first-order chi connectivity index (χ1) is 3.98. The van der Waals surface area contributed by atoms with E-state index in [1.807, 2.05) is 20.8 Å². The Morgan fingerprint density at radius 1 is 1.44 bits per heavy atom. The van der Waals surface area contributed by atoms with Crippen molar-refractivity contribution in [2.45, 2.75) is 20.8 Å². The van der Waals surface area contributed by atoms with Crippen LogP contribution >= 0.6 is 0 Å². The molecule has 0 spiro atoms. The highest BCUT2D eigenvalue weighted by Gasteiger charge is 2.11. The third-order valence-corrected chi connectivity index (χ3v) is 1.13. The predicted molar refractivity (Wildman–Crippen MR) is 40.5 cm³/mol. The zero-order valence-corrected chi connectivity index (χ0v) is 6.23. The molecule has 0 amide bonds. The fourth-order valence-electron chi connectivity index (χ4n) is 0.340. The molecule has 0 saturated carbocycles.